The van der Waals surface area contributed by atoms with Gasteiger partial charge in [0.2, 0.25) is 0 Å². The van der Waals surface area contributed by atoms with Gasteiger partial charge in [-0.15, -0.1) is 0 Å². The van der Waals surface area contributed by atoms with Crippen molar-refractivity contribution in [3.8, 4) is 44.5 Å². The monoisotopic (exact) mass is 894 g/mol. The van der Waals surface area contributed by atoms with E-state index in [1.165, 1.54) is 104 Å². The molecule has 0 fully saturated rings. The minimum Gasteiger partial charge on any atom is -0.347 e. The van der Waals surface area contributed by atoms with E-state index in [4.69, 9.17) is 9.98 Å². The van der Waals surface area contributed by atoms with Gasteiger partial charge in [-0.25, -0.2) is 0 Å². The van der Waals surface area contributed by atoms with Crippen LogP contribution in [0.4, 0.5) is 0 Å². The summed E-state index contributed by atoms with van der Waals surface area (Å²) in [5.41, 5.74) is 16.9. The van der Waals surface area contributed by atoms with Crippen molar-refractivity contribution in [2.45, 2.75) is 12.3 Å². The number of nitrogens with zero attached hydrogens (tertiary/aromatic N) is 4. The molecule has 0 aromatic heterocycles. The number of fused-ring (bicyclic) bond motifs is 6. The summed E-state index contributed by atoms with van der Waals surface area (Å²) in [5, 5.41) is 9.97. The van der Waals surface area contributed by atoms with Gasteiger partial charge in [-0.1, -0.05) is 206 Å². The van der Waals surface area contributed by atoms with Crippen LogP contribution in [-0.4, -0.2) is 46.6 Å². The third-order valence-electron chi connectivity index (χ3n) is 14.8. The Morgan fingerprint density at radius 1 is 0.314 bits per heavy atom. The van der Waals surface area contributed by atoms with Gasteiger partial charge in [0.05, 0.1) is 24.5 Å². The van der Waals surface area contributed by atoms with Gasteiger partial charge in [-0.2, -0.15) is 0 Å². The van der Waals surface area contributed by atoms with E-state index >= 15 is 0 Å². The maximum absolute atomic E-state index is 5.21. The van der Waals surface area contributed by atoms with Gasteiger partial charge < -0.3 is 9.80 Å². The predicted octanol–water partition coefficient (Wildman–Crippen LogP) is 15.5. The summed E-state index contributed by atoms with van der Waals surface area (Å²) >= 11 is 0. The van der Waals surface area contributed by atoms with Gasteiger partial charge in [-0.05, 0) is 134 Å². The van der Waals surface area contributed by atoms with Gasteiger partial charge >= 0.3 is 0 Å². The zero-order valence-corrected chi connectivity index (χ0v) is 38.5. The molecule has 0 aliphatic carbocycles. The maximum atomic E-state index is 5.21. The van der Waals surface area contributed by atoms with E-state index in [1.807, 2.05) is 0 Å². The highest BCUT2D eigenvalue weighted by molar-refractivity contribution is 6.23. The summed E-state index contributed by atoms with van der Waals surface area (Å²) in [4.78, 5) is 14.8. The summed E-state index contributed by atoms with van der Waals surface area (Å²) in [7, 11) is 0. The van der Waals surface area contributed by atoms with Crippen molar-refractivity contribution in [2.24, 2.45) is 9.98 Å². The molecular formula is C66H46N4. The molecular weight excluding hydrogens is 849 g/mol. The molecule has 330 valence electrons. The third-order valence-corrected chi connectivity index (χ3v) is 14.8. The maximum Gasteiger partial charge on any atom is 0.141 e. The Balaban J connectivity index is 0.822. The van der Waals surface area contributed by atoms with Crippen LogP contribution < -0.4 is 0 Å². The molecule has 0 bridgehead atoms. The van der Waals surface area contributed by atoms with Crippen molar-refractivity contribution < 1.29 is 0 Å². The Labute approximate surface area is 407 Å². The number of allylic oxidation sites excluding steroid dienone is 4. The summed E-state index contributed by atoms with van der Waals surface area (Å²) in [5.74, 6) is 0. The fourth-order valence-electron chi connectivity index (χ4n) is 11.5. The molecule has 0 radical (unpaired) electrons. The highest BCUT2D eigenvalue weighted by atomic mass is 15.3. The Bertz CT molecular complexity index is 3820. The molecule has 2 unspecified atom stereocenters. The summed E-state index contributed by atoms with van der Waals surface area (Å²) in [6.07, 6.45) is 15.2. The third kappa shape index (κ3) is 6.67. The summed E-state index contributed by atoms with van der Waals surface area (Å²) in [6, 6.07) is 73.8. The lowest BCUT2D eigenvalue weighted by atomic mass is 9.84. The Kier molecular flexibility index (Phi) is 9.44. The van der Waals surface area contributed by atoms with Crippen LogP contribution in [0.5, 0.6) is 0 Å². The lowest BCUT2D eigenvalue weighted by Gasteiger charge is -2.23. The topological polar surface area (TPSA) is 31.2 Å². The van der Waals surface area contributed by atoms with Crippen molar-refractivity contribution in [2.75, 3.05) is 13.1 Å². The first-order valence-corrected chi connectivity index (χ1v) is 24.3. The van der Waals surface area contributed by atoms with Crippen LogP contribution in [0, 0.1) is 0 Å². The van der Waals surface area contributed by atoms with Crippen LogP contribution >= 0.6 is 0 Å². The first-order chi connectivity index (χ1) is 34.7. The molecule has 0 saturated heterocycles. The highest BCUT2D eigenvalue weighted by Gasteiger charge is 2.27. The van der Waals surface area contributed by atoms with E-state index in [-0.39, 0.29) is 12.3 Å². The van der Waals surface area contributed by atoms with Crippen molar-refractivity contribution in [3.05, 3.63) is 260 Å². The molecule has 4 aliphatic rings. The smallest absolute Gasteiger partial charge is 0.141 e. The van der Waals surface area contributed by atoms with Crippen LogP contribution in [0.25, 0.3) is 93.2 Å². The molecule has 0 N–H and O–H groups in total. The minimum atomic E-state index is 0.00951. The van der Waals surface area contributed by atoms with Crippen molar-refractivity contribution in [1.29, 1.82) is 0 Å². The molecule has 4 aliphatic heterocycles. The second-order valence-electron chi connectivity index (χ2n) is 18.8. The molecule has 10 aromatic carbocycles. The molecule has 0 spiro atoms. The van der Waals surface area contributed by atoms with E-state index in [9.17, 15) is 0 Å². The van der Waals surface area contributed by atoms with Gasteiger partial charge in [0.25, 0.3) is 0 Å². The Hall–Kier alpha value is -8.86. The minimum absolute atomic E-state index is 0.00951. The SMILES string of the molecule is C1=CC2N=C(c3ccc(-c4c5ccccc5c(-c5ccc(-c6c7ccccc7c(-c7ccc(C8=NC9C=C(c%10ccccc%10)C=CN9C8)cc7)c7ccccc67)cc5)c5ccccc45)cc3)CN2C=C1. The molecule has 4 heterocycles. The van der Waals surface area contributed by atoms with E-state index in [2.05, 4.69) is 253 Å². The lowest BCUT2D eigenvalue weighted by molar-refractivity contribution is 0.393. The predicted molar refractivity (Wildman–Crippen MR) is 294 cm³/mol. The van der Waals surface area contributed by atoms with E-state index in [0.717, 1.165) is 30.1 Å². The van der Waals surface area contributed by atoms with E-state index < -0.39 is 0 Å². The number of aliphatic imine (C=N–C) groups is 2. The molecule has 10 aromatic rings. The van der Waals surface area contributed by atoms with Crippen molar-refractivity contribution in [1.82, 2.24) is 9.80 Å². The van der Waals surface area contributed by atoms with Gasteiger partial charge in [-0.3, -0.25) is 9.98 Å². The largest absolute Gasteiger partial charge is 0.347 e. The molecule has 4 nitrogen and oxygen atoms in total. The van der Waals surface area contributed by atoms with Gasteiger partial charge in [0.1, 0.15) is 12.3 Å². The van der Waals surface area contributed by atoms with Crippen molar-refractivity contribution >= 4 is 60.1 Å². The standard InChI is InChI=1S/C66H46N4/c1-2-14-43(15-3-1)50-37-39-70-42-60(68-62(70)40-50)45-27-31-47(32-28-45)64-53-18-6-10-22-57(53)66(58-23-11-7-19-54(58)64)49-35-33-48(34-36-49)65-55-20-8-4-16-51(55)63(52-17-5-9-21-56(52)65)46-29-25-44(26-30-46)59-41-69-38-13-12-24-61(69)67-59/h1-40,61-62H,41-42H2. The number of hydrogen-bond acceptors (Lipinski definition) is 4. The van der Waals surface area contributed by atoms with E-state index in [1.54, 1.807) is 0 Å². The highest BCUT2D eigenvalue weighted by Crippen LogP contribution is 2.47. The molecule has 4 heteroatoms. The zero-order chi connectivity index (χ0) is 46.1. The molecule has 14 rings (SSSR count). The normalized spacial score (nSPS) is 17.1. The molecule has 0 amide bonds. The number of rotatable bonds is 7. The summed E-state index contributed by atoms with van der Waals surface area (Å²) < 4.78 is 0. The van der Waals surface area contributed by atoms with Gasteiger partial charge in [0, 0.05) is 12.4 Å². The Morgan fingerprint density at radius 2 is 0.657 bits per heavy atom. The second-order valence-corrected chi connectivity index (χ2v) is 18.8. The second kappa shape index (κ2) is 16.4. The van der Waals surface area contributed by atoms with Crippen LogP contribution in [-0.2, 0) is 0 Å². The summed E-state index contributed by atoms with van der Waals surface area (Å²) in [6.45, 7) is 1.61. The van der Waals surface area contributed by atoms with Gasteiger partial charge in [0.15, 0.2) is 0 Å². The first kappa shape index (κ1) is 40.2. The van der Waals surface area contributed by atoms with Crippen LogP contribution in [0.15, 0.2) is 253 Å². The fraction of sp³-hybridized carbons (Fsp3) is 0.0606. The average molecular weight is 895 g/mol. The van der Waals surface area contributed by atoms with E-state index in [0.29, 0.717) is 0 Å². The lowest BCUT2D eigenvalue weighted by Crippen LogP contribution is -2.26. The molecule has 2 atom stereocenters. The zero-order valence-electron chi connectivity index (χ0n) is 38.5. The van der Waals surface area contributed by atoms with Crippen LogP contribution in [0.3, 0.4) is 0 Å². The quantitative estimate of drug-likeness (QED) is 0.149. The average Bonchev–Trinajstić information content (AvgIpc) is 4.07. The number of benzene rings is 10. The molecule has 70 heavy (non-hydrogen) atoms. The van der Waals surface area contributed by atoms with Crippen LogP contribution in [0.1, 0.15) is 16.7 Å². The Morgan fingerprint density at radius 3 is 1.04 bits per heavy atom. The number of hydrogen-bond donors (Lipinski definition) is 0. The molecule has 0 saturated carbocycles. The van der Waals surface area contributed by atoms with Crippen molar-refractivity contribution in [3.63, 3.8) is 0 Å². The first-order valence-electron chi connectivity index (χ1n) is 24.3. The fourth-order valence-corrected chi connectivity index (χ4v) is 11.5. The van der Waals surface area contributed by atoms with Crippen LogP contribution in [0.2, 0.25) is 0 Å².